The number of anilines is 1. The molecule has 7 nitrogen and oxygen atoms in total. The van der Waals surface area contributed by atoms with Gasteiger partial charge in [-0.25, -0.2) is 18.9 Å². The molecule has 24 heavy (non-hydrogen) atoms. The van der Waals surface area contributed by atoms with Crippen LogP contribution < -0.4 is 11.4 Å². The fraction of sp³-hybridized carbons (Fsp3) is 0.118. The Balaban J connectivity index is 1.95. The minimum atomic E-state index is -0.289. The van der Waals surface area contributed by atoms with Crippen molar-refractivity contribution in [2.24, 2.45) is 0 Å². The quantitative estimate of drug-likeness (QED) is 0.590. The number of nitrogen functional groups attached to an aromatic ring is 1. The Morgan fingerprint density at radius 2 is 1.75 bits per heavy atom. The van der Waals surface area contributed by atoms with Gasteiger partial charge >= 0.3 is 5.69 Å². The lowest BCUT2D eigenvalue weighted by Gasteiger charge is -2.05. The Kier molecular flexibility index (Phi) is 3.28. The van der Waals surface area contributed by atoms with Gasteiger partial charge in [-0.3, -0.25) is 0 Å². The van der Waals surface area contributed by atoms with Crippen LogP contribution in [0, 0.1) is 0 Å². The molecule has 0 saturated heterocycles. The number of rotatable bonds is 3. The van der Waals surface area contributed by atoms with Gasteiger partial charge in [0.2, 0.25) is 5.65 Å². The van der Waals surface area contributed by atoms with E-state index in [1.807, 2.05) is 42.5 Å². The number of aliphatic hydroxyl groups excluding tert-OH is 1. The summed E-state index contributed by atoms with van der Waals surface area (Å²) in [5.74, 6) is 0.208. The van der Waals surface area contributed by atoms with Gasteiger partial charge in [0, 0.05) is 0 Å². The molecule has 2 heterocycles. The third-order valence-corrected chi connectivity index (χ3v) is 4.04. The number of aliphatic hydroxyl groups is 1. The molecule has 0 saturated carbocycles. The number of benzene rings is 2. The van der Waals surface area contributed by atoms with Gasteiger partial charge in [0.25, 0.3) is 0 Å². The van der Waals surface area contributed by atoms with Crippen molar-refractivity contribution in [1.82, 2.24) is 19.2 Å². The molecule has 4 aromatic rings. The number of para-hydroxylation sites is 2. The smallest absolute Gasteiger partial charge is 0.351 e. The molecular formula is C17H15N5O2. The van der Waals surface area contributed by atoms with Gasteiger partial charge in [0.1, 0.15) is 0 Å². The average molecular weight is 321 g/mol. The van der Waals surface area contributed by atoms with E-state index < -0.39 is 0 Å². The predicted octanol–water partition coefficient (Wildman–Crippen LogP) is 1.17. The second-order valence-electron chi connectivity index (χ2n) is 5.51. The highest BCUT2D eigenvalue weighted by molar-refractivity contribution is 5.81. The third-order valence-electron chi connectivity index (χ3n) is 4.04. The molecule has 0 aliphatic heterocycles. The first-order valence-electron chi connectivity index (χ1n) is 7.50. The maximum Gasteiger partial charge on any atom is 0.351 e. The van der Waals surface area contributed by atoms with Crippen molar-refractivity contribution in [2.75, 3.05) is 5.73 Å². The van der Waals surface area contributed by atoms with E-state index in [2.05, 4.69) is 10.1 Å². The minimum absolute atomic E-state index is 0.0923. The van der Waals surface area contributed by atoms with E-state index in [-0.39, 0.29) is 24.7 Å². The van der Waals surface area contributed by atoms with Crippen LogP contribution in [-0.2, 0) is 13.2 Å². The van der Waals surface area contributed by atoms with Crippen LogP contribution >= 0.6 is 0 Å². The zero-order valence-corrected chi connectivity index (χ0v) is 12.8. The Labute approximate surface area is 136 Å². The average Bonchev–Trinajstić information content (AvgIpc) is 2.93. The summed E-state index contributed by atoms with van der Waals surface area (Å²) in [6.45, 7) is 0.163. The molecule has 0 aliphatic rings. The van der Waals surface area contributed by atoms with Crippen LogP contribution in [0.2, 0.25) is 0 Å². The van der Waals surface area contributed by atoms with E-state index >= 15 is 0 Å². The van der Waals surface area contributed by atoms with Crippen molar-refractivity contribution in [3.63, 3.8) is 0 Å². The Hall–Kier alpha value is -3.19. The van der Waals surface area contributed by atoms with Crippen molar-refractivity contribution in [2.45, 2.75) is 13.2 Å². The maximum absolute atomic E-state index is 12.8. The van der Waals surface area contributed by atoms with E-state index in [4.69, 9.17) is 5.73 Å². The van der Waals surface area contributed by atoms with Crippen molar-refractivity contribution in [3.05, 3.63) is 70.1 Å². The summed E-state index contributed by atoms with van der Waals surface area (Å²) in [7, 11) is 0. The fourth-order valence-electron chi connectivity index (χ4n) is 2.85. The molecule has 0 fully saturated rings. The van der Waals surface area contributed by atoms with Gasteiger partial charge in [0.05, 0.1) is 24.2 Å². The van der Waals surface area contributed by atoms with E-state index in [1.54, 1.807) is 6.07 Å². The van der Waals surface area contributed by atoms with Crippen LogP contribution in [0.1, 0.15) is 11.1 Å². The van der Waals surface area contributed by atoms with Crippen molar-refractivity contribution < 1.29 is 5.11 Å². The highest BCUT2D eigenvalue weighted by Crippen LogP contribution is 2.17. The van der Waals surface area contributed by atoms with Crippen molar-refractivity contribution in [1.29, 1.82) is 0 Å². The second kappa shape index (κ2) is 5.47. The summed E-state index contributed by atoms with van der Waals surface area (Å²) < 4.78 is 2.81. The number of nitrogens with two attached hydrogens (primary N) is 1. The van der Waals surface area contributed by atoms with Gasteiger partial charge in [-0.1, -0.05) is 36.4 Å². The molecule has 0 amide bonds. The van der Waals surface area contributed by atoms with Crippen LogP contribution in [0.25, 0.3) is 16.7 Å². The summed E-state index contributed by atoms with van der Waals surface area (Å²) in [5.41, 5.74) is 8.91. The Morgan fingerprint density at radius 3 is 2.54 bits per heavy atom. The molecule has 0 spiro atoms. The summed E-state index contributed by atoms with van der Waals surface area (Å²) in [6, 6.07) is 14.7. The van der Waals surface area contributed by atoms with Crippen LogP contribution in [0.4, 0.5) is 5.82 Å². The zero-order valence-electron chi connectivity index (χ0n) is 12.8. The molecule has 4 rings (SSSR count). The van der Waals surface area contributed by atoms with Crippen molar-refractivity contribution in [3.8, 4) is 0 Å². The topological polar surface area (TPSA) is 98.4 Å². The van der Waals surface area contributed by atoms with E-state index in [0.717, 1.165) is 11.1 Å². The molecule has 2 aromatic carbocycles. The molecule has 7 heteroatoms. The number of aromatic nitrogens is 4. The largest absolute Gasteiger partial charge is 0.392 e. The Morgan fingerprint density at radius 1 is 1.04 bits per heavy atom. The van der Waals surface area contributed by atoms with Crippen LogP contribution in [0.5, 0.6) is 0 Å². The molecule has 3 N–H and O–H groups in total. The first-order valence-corrected chi connectivity index (χ1v) is 7.50. The molecule has 0 unspecified atom stereocenters. The summed E-state index contributed by atoms with van der Waals surface area (Å²) in [6.07, 6.45) is 0. The zero-order chi connectivity index (χ0) is 16.7. The molecule has 2 aromatic heterocycles. The van der Waals surface area contributed by atoms with Gasteiger partial charge in [-0.2, -0.15) is 0 Å². The summed E-state index contributed by atoms with van der Waals surface area (Å²) >= 11 is 0. The predicted molar refractivity (Wildman–Crippen MR) is 90.6 cm³/mol. The highest BCUT2D eigenvalue weighted by Gasteiger charge is 2.15. The number of hydrogen-bond acceptors (Lipinski definition) is 5. The molecule has 0 aliphatic carbocycles. The number of hydrogen-bond donors (Lipinski definition) is 2. The van der Waals surface area contributed by atoms with Crippen LogP contribution in [-0.4, -0.2) is 24.3 Å². The summed E-state index contributed by atoms with van der Waals surface area (Å²) in [4.78, 5) is 17.1. The standard InChI is InChI=1S/C17H15N5O2/c18-15-16-20-21(9-11-5-1-2-6-12(11)10-23)17(24)22(16)14-8-4-3-7-13(14)19-15/h1-8,23H,9-10H2,(H2,18,19). The lowest BCUT2D eigenvalue weighted by molar-refractivity contribution is 0.280. The number of fused-ring (bicyclic) bond motifs is 3. The van der Waals surface area contributed by atoms with E-state index in [1.165, 1.54) is 9.08 Å². The van der Waals surface area contributed by atoms with E-state index in [9.17, 15) is 9.90 Å². The molecule has 0 atom stereocenters. The van der Waals surface area contributed by atoms with Crippen LogP contribution in [0.3, 0.4) is 0 Å². The molecular weight excluding hydrogens is 306 g/mol. The monoisotopic (exact) mass is 321 g/mol. The molecule has 0 bridgehead atoms. The maximum atomic E-state index is 12.8. The normalized spacial score (nSPS) is 11.4. The van der Waals surface area contributed by atoms with Gasteiger partial charge in [0.15, 0.2) is 5.82 Å². The van der Waals surface area contributed by atoms with Gasteiger partial charge < -0.3 is 10.8 Å². The fourth-order valence-corrected chi connectivity index (χ4v) is 2.85. The Bertz CT molecular complexity index is 1110. The first-order chi connectivity index (χ1) is 11.7. The molecule has 120 valence electrons. The lowest BCUT2D eigenvalue weighted by atomic mass is 10.1. The van der Waals surface area contributed by atoms with Gasteiger partial charge in [-0.05, 0) is 23.3 Å². The van der Waals surface area contributed by atoms with Crippen LogP contribution in [0.15, 0.2) is 53.3 Å². The number of nitrogens with zero attached hydrogens (tertiary/aromatic N) is 4. The first kappa shape index (κ1) is 14.4. The SMILES string of the molecule is Nc1nc2ccccc2n2c(=O)n(Cc3ccccc3CO)nc12. The summed E-state index contributed by atoms with van der Waals surface area (Å²) in [5, 5.41) is 13.8. The minimum Gasteiger partial charge on any atom is -0.392 e. The van der Waals surface area contributed by atoms with Crippen molar-refractivity contribution >= 4 is 22.5 Å². The lowest BCUT2D eigenvalue weighted by Crippen LogP contribution is -2.22. The second-order valence-corrected chi connectivity index (χ2v) is 5.51. The molecule has 0 radical (unpaired) electrons. The third kappa shape index (κ3) is 2.14. The highest BCUT2D eigenvalue weighted by atomic mass is 16.3. The van der Waals surface area contributed by atoms with E-state index in [0.29, 0.717) is 16.7 Å². The van der Waals surface area contributed by atoms with Gasteiger partial charge in [-0.15, -0.1) is 5.10 Å².